The Hall–Kier alpha value is -1.62. The Labute approximate surface area is 106 Å². The van der Waals surface area contributed by atoms with E-state index >= 15 is 0 Å². The van der Waals surface area contributed by atoms with Gasteiger partial charge in [-0.2, -0.15) is 5.10 Å². The molecule has 1 fully saturated rings. The highest BCUT2D eigenvalue weighted by molar-refractivity contribution is 5.56. The van der Waals surface area contributed by atoms with Crippen LogP contribution in [-0.2, 0) is 0 Å². The Morgan fingerprint density at radius 2 is 2.44 bits per heavy atom. The van der Waals surface area contributed by atoms with Crippen LogP contribution in [-0.4, -0.2) is 33.8 Å². The molecule has 3 heterocycles. The highest BCUT2D eigenvalue weighted by Crippen LogP contribution is 2.18. The second kappa shape index (κ2) is 4.94. The van der Waals surface area contributed by atoms with Crippen molar-refractivity contribution >= 4 is 5.52 Å². The molecule has 1 atom stereocenters. The van der Waals surface area contributed by atoms with E-state index in [1.54, 1.807) is 6.20 Å². The van der Waals surface area contributed by atoms with Gasteiger partial charge in [0.25, 0.3) is 0 Å². The van der Waals surface area contributed by atoms with E-state index in [0.717, 1.165) is 17.8 Å². The minimum atomic E-state index is 0.449. The van der Waals surface area contributed by atoms with Crippen molar-refractivity contribution < 1.29 is 4.74 Å². The molecule has 0 aliphatic carbocycles. The molecule has 1 N–H and O–H groups in total. The Balaban J connectivity index is 1.73. The quantitative estimate of drug-likeness (QED) is 0.893. The maximum absolute atomic E-state index is 5.84. The third kappa shape index (κ3) is 2.31. The normalized spacial score (nSPS) is 20.2. The van der Waals surface area contributed by atoms with E-state index in [1.807, 2.05) is 23.7 Å². The van der Waals surface area contributed by atoms with Gasteiger partial charge in [-0.15, -0.1) is 0 Å². The molecule has 18 heavy (non-hydrogen) atoms. The molecule has 96 valence electrons. The molecule has 2 aromatic rings. The molecule has 0 aromatic carbocycles. The molecule has 3 rings (SSSR count). The molecule has 5 nitrogen and oxygen atoms in total. The third-order valence-corrected chi connectivity index (χ3v) is 3.31. The number of fused-ring (bicyclic) bond motifs is 1. The minimum absolute atomic E-state index is 0.449. The van der Waals surface area contributed by atoms with Crippen molar-refractivity contribution in [2.45, 2.75) is 32.2 Å². The summed E-state index contributed by atoms with van der Waals surface area (Å²) in [5, 5.41) is 7.82. The fraction of sp³-hybridized carbons (Fsp3) is 0.538. The summed E-state index contributed by atoms with van der Waals surface area (Å²) >= 11 is 0. The van der Waals surface area contributed by atoms with Crippen LogP contribution in [0.5, 0.6) is 5.88 Å². The SMILES string of the molecule is Cc1cc2c(OCC3CCCCN3)nccn2n1. The predicted octanol–water partition coefficient (Wildman–Crippen LogP) is 1.56. The first-order valence-corrected chi connectivity index (χ1v) is 6.50. The molecule has 5 heteroatoms. The van der Waals surface area contributed by atoms with Gasteiger partial charge in [-0.3, -0.25) is 0 Å². The third-order valence-electron chi connectivity index (χ3n) is 3.31. The maximum atomic E-state index is 5.84. The number of hydrogen-bond acceptors (Lipinski definition) is 4. The number of rotatable bonds is 3. The maximum Gasteiger partial charge on any atom is 0.240 e. The zero-order chi connectivity index (χ0) is 12.4. The minimum Gasteiger partial charge on any atom is -0.474 e. The molecule has 0 bridgehead atoms. The molecule has 1 saturated heterocycles. The van der Waals surface area contributed by atoms with Gasteiger partial charge < -0.3 is 10.1 Å². The molecule has 0 spiro atoms. The molecule has 2 aromatic heterocycles. The summed E-state index contributed by atoms with van der Waals surface area (Å²) in [5.41, 5.74) is 1.91. The van der Waals surface area contributed by atoms with E-state index in [9.17, 15) is 0 Å². The summed E-state index contributed by atoms with van der Waals surface area (Å²) in [6, 6.07) is 2.45. The summed E-state index contributed by atoms with van der Waals surface area (Å²) in [6.45, 7) is 3.74. The molecular weight excluding hydrogens is 228 g/mol. The fourth-order valence-electron chi connectivity index (χ4n) is 2.38. The van der Waals surface area contributed by atoms with Crippen molar-refractivity contribution in [3.63, 3.8) is 0 Å². The summed E-state index contributed by atoms with van der Waals surface area (Å²) in [6.07, 6.45) is 7.30. The zero-order valence-electron chi connectivity index (χ0n) is 10.6. The summed E-state index contributed by atoms with van der Waals surface area (Å²) in [4.78, 5) is 4.29. The van der Waals surface area contributed by atoms with Gasteiger partial charge in [0, 0.05) is 18.4 Å². The molecule has 0 saturated carbocycles. The molecule has 1 aliphatic rings. The topological polar surface area (TPSA) is 51.5 Å². The van der Waals surface area contributed by atoms with Crippen molar-refractivity contribution in [2.24, 2.45) is 0 Å². The summed E-state index contributed by atoms with van der Waals surface area (Å²) in [7, 11) is 0. The van der Waals surface area contributed by atoms with Gasteiger partial charge in [-0.25, -0.2) is 9.50 Å². The average molecular weight is 246 g/mol. The lowest BCUT2D eigenvalue weighted by molar-refractivity contribution is 0.233. The number of nitrogens with zero attached hydrogens (tertiary/aromatic N) is 3. The van der Waals surface area contributed by atoms with Crippen LogP contribution in [0.2, 0.25) is 0 Å². The van der Waals surface area contributed by atoms with Crippen LogP contribution < -0.4 is 10.1 Å². The second-order valence-corrected chi connectivity index (χ2v) is 4.81. The lowest BCUT2D eigenvalue weighted by atomic mass is 10.1. The lowest BCUT2D eigenvalue weighted by Gasteiger charge is -2.23. The smallest absolute Gasteiger partial charge is 0.240 e. The van der Waals surface area contributed by atoms with E-state index in [1.165, 1.54) is 19.3 Å². The van der Waals surface area contributed by atoms with Crippen LogP contribution in [0.4, 0.5) is 0 Å². The van der Waals surface area contributed by atoms with Gasteiger partial charge in [-0.05, 0) is 32.4 Å². The Morgan fingerprint density at radius 3 is 3.28 bits per heavy atom. The molecular formula is C13H18N4O. The van der Waals surface area contributed by atoms with Gasteiger partial charge >= 0.3 is 0 Å². The van der Waals surface area contributed by atoms with Crippen LogP contribution >= 0.6 is 0 Å². The highest BCUT2D eigenvalue weighted by atomic mass is 16.5. The fourth-order valence-corrected chi connectivity index (χ4v) is 2.38. The van der Waals surface area contributed by atoms with Crippen molar-refractivity contribution in [3.05, 3.63) is 24.2 Å². The Kier molecular flexibility index (Phi) is 3.15. The van der Waals surface area contributed by atoms with E-state index in [-0.39, 0.29) is 0 Å². The van der Waals surface area contributed by atoms with Gasteiger partial charge in [0.2, 0.25) is 5.88 Å². The number of aryl methyl sites for hydroxylation is 1. The molecule has 0 radical (unpaired) electrons. The van der Waals surface area contributed by atoms with E-state index < -0.39 is 0 Å². The first-order valence-electron chi connectivity index (χ1n) is 6.50. The van der Waals surface area contributed by atoms with Crippen LogP contribution in [0.1, 0.15) is 25.0 Å². The number of ether oxygens (including phenoxy) is 1. The Morgan fingerprint density at radius 1 is 1.50 bits per heavy atom. The standard InChI is InChI=1S/C13H18N4O/c1-10-8-12-13(15-6-7-17(12)16-10)18-9-11-4-2-3-5-14-11/h6-8,11,14H,2-5,9H2,1H3. The largest absolute Gasteiger partial charge is 0.474 e. The van der Waals surface area contributed by atoms with Gasteiger partial charge in [0.1, 0.15) is 12.1 Å². The van der Waals surface area contributed by atoms with E-state index in [2.05, 4.69) is 15.4 Å². The highest BCUT2D eigenvalue weighted by Gasteiger charge is 2.14. The number of aromatic nitrogens is 3. The summed E-state index contributed by atoms with van der Waals surface area (Å²) in [5.74, 6) is 0.672. The molecule has 1 aliphatic heterocycles. The van der Waals surface area contributed by atoms with Crippen molar-refractivity contribution in [2.75, 3.05) is 13.2 Å². The molecule has 0 amide bonds. The lowest BCUT2D eigenvalue weighted by Crippen LogP contribution is -2.38. The van der Waals surface area contributed by atoms with Crippen LogP contribution in [0.25, 0.3) is 5.52 Å². The predicted molar refractivity (Wildman–Crippen MR) is 68.9 cm³/mol. The van der Waals surface area contributed by atoms with Crippen molar-refractivity contribution in [1.29, 1.82) is 0 Å². The molecule has 1 unspecified atom stereocenters. The number of piperidine rings is 1. The monoisotopic (exact) mass is 246 g/mol. The van der Waals surface area contributed by atoms with E-state index in [0.29, 0.717) is 18.5 Å². The number of nitrogens with one attached hydrogen (secondary N) is 1. The van der Waals surface area contributed by atoms with Crippen LogP contribution in [0.15, 0.2) is 18.5 Å². The summed E-state index contributed by atoms with van der Waals surface area (Å²) < 4.78 is 7.65. The van der Waals surface area contributed by atoms with Crippen molar-refractivity contribution in [1.82, 2.24) is 19.9 Å². The average Bonchev–Trinajstić information content (AvgIpc) is 2.78. The zero-order valence-corrected chi connectivity index (χ0v) is 10.6. The number of hydrogen-bond donors (Lipinski definition) is 1. The Bertz CT molecular complexity index is 531. The van der Waals surface area contributed by atoms with Gasteiger partial charge in [-0.1, -0.05) is 6.42 Å². The van der Waals surface area contributed by atoms with Crippen LogP contribution in [0, 0.1) is 6.92 Å². The first-order chi connectivity index (χ1) is 8.83. The van der Waals surface area contributed by atoms with Gasteiger partial charge in [0.05, 0.1) is 5.69 Å². The van der Waals surface area contributed by atoms with Crippen LogP contribution in [0.3, 0.4) is 0 Å². The first kappa shape index (κ1) is 11.5. The van der Waals surface area contributed by atoms with Crippen molar-refractivity contribution in [3.8, 4) is 5.88 Å². The van der Waals surface area contributed by atoms with Gasteiger partial charge in [0.15, 0.2) is 0 Å². The second-order valence-electron chi connectivity index (χ2n) is 4.81. The van der Waals surface area contributed by atoms with E-state index in [4.69, 9.17) is 4.74 Å².